The van der Waals surface area contributed by atoms with E-state index in [0.29, 0.717) is 34.5 Å². The summed E-state index contributed by atoms with van der Waals surface area (Å²) in [6.07, 6.45) is 18.6. The van der Waals surface area contributed by atoms with Crippen LogP contribution in [0.1, 0.15) is 133 Å². The first-order valence-electron chi connectivity index (χ1n) is 25.1. The standard InChI is InChI=1S/C61H47N3/c1-4-13-46-40(8-1)41-9-2-5-14-47(41)61(46)48-15-6-3-10-42(48)43-12-7-11-39(55(43)61)30-20-44-53-49(28-62-56-33-18-37-22-35-16-31(51(53)56)24-59(35,37)26-33)64-50-29-63-57-34-19-38-23-36-17-32(25-60(36,38)27-34)52(57)54(50)45(21-30)58(44)64/h1-15,20-21,28-29,31-38H,16-19,22-27H2. The molecule has 9 aromatic rings. The Morgan fingerprint density at radius 1 is 0.453 bits per heavy atom. The van der Waals surface area contributed by atoms with Crippen LogP contribution in [0.5, 0.6) is 0 Å². The SMILES string of the molecule is c1ccc2c(c1)-c1ccccc1C21c2ccccc2-c2cccc(-c3cc4c5c6c(ncc5n5c7cnc8c(c7c(c3)c45)C3CC4CC5CC8CC54C3)C3CC4CC5CC6CC45C3)c21. The Morgan fingerprint density at radius 2 is 0.891 bits per heavy atom. The second-order valence-corrected chi connectivity index (χ2v) is 23.3. The summed E-state index contributed by atoms with van der Waals surface area (Å²) in [5.74, 6) is 6.16. The van der Waals surface area contributed by atoms with Crippen molar-refractivity contribution in [2.24, 2.45) is 34.5 Å². The molecule has 0 N–H and O–H groups in total. The molecule has 64 heavy (non-hydrogen) atoms. The van der Waals surface area contributed by atoms with Gasteiger partial charge in [0.05, 0.1) is 34.4 Å². The Labute approximate surface area is 372 Å². The minimum atomic E-state index is -0.407. The van der Waals surface area contributed by atoms with Gasteiger partial charge >= 0.3 is 0 Å². The van der Waals surface area contributed by atoms with Crippen molar-refractivity contribution in [2.45, 2.75) is 93.3 Å². The molecule has 5 aromatic carbocycles. The normalized spacial score (nSPS) is 33.6. The molecule has 6 bridgehead atoms. The first kappa shape index (κ1) is 32.8. The number of fused-ring (bicyclic) bond motifs is 28. The minimum absolute atomic E-state index is 0.407. The van der Waals surface area contributed by atoms with Crippen molar-refractivity contribution >= 4 is 38.1 Å². The van der Waals surface area contributed by atoms with Crippen LogP contribution >= 0.6 is 0 Å². The fourth-order valence-corrected chi connectivity index (χ4v) is 19.8. The highest BCUT2D eigenvalue weighted by molar-refractivity contribution is 6.26. The van der Waals surface area contributed by atoms with Crippen molar-refractivity contribution in [3.05, 3.63) is 160 Å². The molecular formula is C61H47N3. The van der Waals surface area contributed by atoms with Crippen molar-refractivity contribution in [1.29, 1.82) is 0 Å². The maximum absolute atomic E-state index is 5.64. The predicted octanol–water partition coefficient (Wildman–Crippen LogP) is 14.4. The number of pyridine rings is 2. The summed E-state index contributed by atoms with van der Waals surface area (Å²) in [6.45, 7) is 0. The second kappa shape index (κ2) is 10.2. The Bertz CT molecular complexity index is 3530. The molecule has 0 radical (unpaired) electrons. The first-order chi connectivity index (χ1) is 31.6. The largest absolute Gasteiger partial charge is 0.305 e. The number of benzene rings is 5. The number of aromatic nitrogens is 3. The van der Waals surface area contributed by atoms with Crippen molar-refractivity contribution in [1.82, 2.24) is 14.4 Å². The second-order valence-electron chi connectivity index (χ2n) is 23.3. The van der Waals surface area contributed by atoms with Crippen LogP contribution in [-0.2, 0) is 5.41 Å². The molecule has 0 amide bonds. The molecule has 306 valence electrons. The average molecular weight is 822 g/mol. The van der Waals surface area contributed by atoms with Crippen LogP contribution in [0.15, 0.2) is 116 Å². The Kier molecular flexibility index (Phi) is 5.22. The first-order valence-corrected chi connectivity index (χ1v) is 25.1. The molecule has 3 spiro atoms. The lowest BCUT2D eigenvalue weighted by atomic mass is 9.56. The summed E-state index contributed by atoms with van der Waals surface area (Å²) >= 11 is 0. The van der Waals surface area contributed by atoms with E-state index >= 15 is 0 Å². The molecule has 10 unspecified atom stereocenters. The van der Waals surface area contributed by atoms with Gasteiger partial charge in [-0.1, -0.05) is 91.0 Å². The number of nitrogens with zero attached hydrogens (tertiary/aromatic N) is 3. The molecule has 3 heteroatoms. The van der Waals surface area contributed by atoms with Gasteiger partial charge in [-0.2, -0.15) is 0 Å². The van der Waals surface area contributed by atoms with Crippen molar-refractivity contribution in [3.63, 3.8) is 0 Å². The lowest BCUT2D eigenvalue weighted by Gasteiger charge is -2.48. The monoisotopic (exact) mass is 821 g/mol. The lowest BCUT2D eigenvalue weighted by Crippen LogP contribution is -2.41. The van der Waals surface area contributed by atoms with Crippen LogP contribution in [0.25, 0.3) is 71.5 Å². The summed E-state index contributed by atoms with van der Waals surface area (Å²) in [5, 5.41) is 5.98. The summed E-state index contributed by atoms with van der Waals surface area (Å²) in [4.78, 5) is 11.3. The van der Waals surface area contributed by atoms with E-state index in [2.05, 4.69) is 120 Å². The van der Waals surface area contributed by atoms with Crippen LogP contribution in [0, 0.1) is 34.5 Å². The van der Waals surface area contributed by atoms with Crippen molar-refractivity contribution in [2.75, 3.05) is 0 Å². The Morgan fingerprint density at radius 3 is 1.42 bits per heavy atom. The highest BCUT2D eigenvalue weighted by atomic mass is 15.0. The maximum atomic E-state index is 5.64. The fourth-order valence-electron chi connectivity index (χ4n) is 19.8. The van der Waals surface area contributed by atoms with Crippen LogP contribution in [-0.4, -0.2) is 14.4 Å². The summed E-state index contributed by atoms with van der Waals surface area (Å²) in [6, 6.07) is 40.7. The molecule has 10 aliphatic carbocycles. The van der Waals surface area contributed by atoms with E-state index in [4.69, 9.17) is 9.97 Å². The van der Waals surface area contributed by atoms with Crippen LogP contribution in [0.2, 0.25) is 0 Å². The van der Waals surface area contributed by atoms with E-state index in [1.54, 1.807) is 11.1 Å². The van der Waals surface area contributed by atoms with Crippen molar-refractivity contribution in [3.8, 4) is 33.4 Å². The number of hydrogen-bond acceptors (Lipinski definition) is 2. The van der Waals surface area contributed by atoms with E-state index in [9.17, 15) is 0 Å². The third-order valence-electron chi connectivity index (χ3n) is 21.7. The molecule has 6 saturated carbocycles. The van der Waals surface area contributed by atoms with Gasteiger partial charge < -0.3 is 4.40 Å². The minimum Gasteiger partial charge on any atom is -0.305 e. The smallest absolute Gasteiger partial charge is 0.0731 e. The van der Waals surface area contributed by atoms with E-state index in [0.717, 1.165) is 23.7 Å². The van der Waals surface area contributed by atoms with E-state index in [1.807, 2.05) is 0 Å². The number of hydrogen-bond donors (Lipinski definition) is 0. The van der Waals surface area contributed by atoms with Crippen LogP contribution in [0.4, 0.5) is 0 Å². The van der Waals surface area contributed by atoms with Gasteiger partial charge in [-0.25, -0.2) is 0 Å². The third-order valence-corrected chi connectivity index (χ3v) is 21.7. The Hall–Kier alpha value is -5.80. The summed E-state index contributed by atoms with van der Waals surface area (Å²) in [5.41, 5.74) is 25.0. The molecule has 0 saturated heterocycles. The molecular weight excluding hydrogens is 775 g/mol. The fraction of sp³-hybridized carbons (Fsp3) is 0.344. The zero-order valence-corrected chi connectivity index (χ0v) is 36.0. The maximum Gasteiger partial charge on any atom is 0.0731 e. The van der Waals surface area contributed by atoms with Gasteiger partial charge in [-0.15, -0.1) is 0 Å². The quantitative estimate of drug-likeness (QED) is 0.165. The van der Waals surface area contributed by atoms with Crippen LogP contribution in [0.3, 0.4) is 0 Å². The molecule has 10 aliphatic rings. The van der Waals surface area contributed by atoms with Crippen molar-refractivity contribution < 1.29 is 0 Å². The molecule has 10 atom stereocenters. The van der Waals surface area contributed by atoms with Gasteiger partial charge in [0.15, 0.2) is 0 Å². The van der Waals surface area contributed by atoms with E-state index in [1.165, 1.54) is 169 Å². The molecule has 3 nitrogen and oxygen atoms in total. The topological polar surface area (TPSA) is 30.2 Å². The summed E-state index contributed by atoms with van der Waals surface area (Å²) in [7, 11) is 0. The predicted molar refractivity (Wildman–Crippen MR) is 254 cm³/mol. The molecule has 0 aliphatic heterocycles. The van der Waals surface area contributed by atoms with Gasteiger partial charge in [0.1, 0.15) is 0 Å². The number of rotatable bonds is 1. The van der Waals surface area contributed by atoms with Gasteiger partial charge in [0.25, 0.3) is 0 Å². The van der Waals surface area contributed by atoms with Gasteiger partial charge in [0.2, 0.25) is 0 Å². The average Bonchev–Trinajstić information content (AvgIpc) is 4.19. The third kappa shape index (κ3) is 3.20. The molecule has 4 heterocycles. The summed E-state index contributed by atoms with van der Waals surface area (Å²) < 4.78 is 2.69. The van der Waals surface area contributed by atoms with E-state index < -0.39 is 5.41 Å². The van der Waals surface area contributed by atoms with Gasteiger partial charge in [-0.05, 0) is 189 Å². The molecule has 19 rings (SSSR count). The van der Waals surface area contributed by atoms with Gasteiger partial charge in [-0.3, -0.25) is 9.97 Å². The highest BCUT2D eigenvalue weighted by Gasteiger charge is 2.67. The zero-order chi connectivity index (χ0) is 40.7. The highest BCUT2D eigenvalue weighted by Crippen LogP contribution is 2.78. The zero-order valence-electron chi connectivity index (χ0n) is 36.0. The van der Waals surface area contributed by atoms with Crippen LogP contribution < -0.4 is 0 Å². The Balaban J connectivity index is 0.971. The van der Waals surface area contributed by atoms with E-state index in [-0.39, 0.29) is 0 Å². The molecule has 6 fully saturated rings. The van der Waals surface area contributed by atoms with Gasteiger partial charge in [0, 0.05) is 44.8 Å². The molecule has 4 aromatic heterocycles. The lowest BCUT2D eigenvalue weighted by molar-refractivity contribution is 0.00321.